The van der Waals surface area contributed by atoms with Crippen LogP contribution in [-0.4, -0.2) is 25.2 Å². The summed E-state index contributed by atoms with van der Waals surface area (Å²) in [5, 5.41) is 2.53. The number of aromatic nitrogens is 1. The molecule has 0 unspecified atom stereocenters. The van der Waals surface area contributed by atoms with Gasteiger partial charge in [0, 0.05) is 10.2 Å². The summed E-state index contributed by atoms with van der Waals surface area (Å²) in [6, 6.07) is 16.9. The Morgan fingerprint density at radius 1 is 0.938 bits per heavy atom. The van der Waals surface area contributed by atoms with E-state index in [1.807, 2.05) is 0 Å². The molecule has 1 N–H and O–H groups in total. The van der Waals surface area contributed by atoms with Gasteiger partial charge in [-0.1, -0.05) is 51.9 Å². The number of pyridine rings is 1. The number of hydrogen-bond acceptors (Lipinski definition) is 6. The Hall–Kier alpha value is -3.21. The lowest BCUT2D eigenvalue weighted by Gasteiger charge is -2.16. The molecule has 0 atom stereocenters. The quantitative estimate of drug-likeness (QED) is 0.462. The van der Waals surface area contributed by atoms with Crippen LogP contribution in [0, 0.1) is 0 Å². The average Bonchev–Trinajstić information content (AvgIpc) is 2.98. The smallest absolute Gasteiger partial charge is 0.283 e. The zero-order valence-corrected chi connectivity index (χ0v) is 19.2. The summed E-state index contributed by atoms with van der Waals surface area (Å²) >= 11 is 9.42. The van der Waals surface area contributed by atoms with E-state index in [0.29, 0.717) is 11.4 Å². The van der Waals surface area contributed by atoms with E-state index in [2.05, 4.69) is 31.0 Å². The standard InChI is InChI=1S/C21H14BrClN4O4S/c22-13-4-8-15(9-5-13)27-20(28)18(23)19(21(27)29)25-14-6-10-16(11-7-14)32(30,31)26-17-3-1-2-12-24-17/h1-12H,(H2,24,25,26,28)/p-1. The van der Waals surface area contributed by atoms with Gasteiger partial charge in [-0.25, -0.2) is 13.3 Å². The van der Waals surface area contributed by atoms with Gasteiger partial charge in [0.2, 0.25) is 10.0 Å². The van der Waals surface area contributed by atoms with E-state index in [0.717, 1.165) is 9.37 Å². The number of halogens is 2. The number of amides is 2. The maximum atomic E-state index is 12.8. The zero-order valence-electron chi connectivity index (χ0n) is 16.1. The highest BCUT2D eigenvalue weighted by molar-refractivity contribution is 9.10. The molecule has 0 bridgehead atoms. The molecule has 162 valence electrons. The van der Waals surface area contributed by atoms with Crippen LogP contribution < -0.4 is 10.2 Å². The van der Waals surface area contributed by atoms with Crippen molar-refractivity contribution in [2.75, 3.05) is 10.2 Å². The monoisotopic (exact) mass is 531 g/mol. The molecule has 2 aromatic carbocycles. The fraction of sp³-hybridized carbons (Fsp3) is 0. The molecule has 8 nitrogen and oxygen atoms in total. The van der Waals surface area contributed by atoms with E-state index >= 15 is 0 Å². The van der Waals surface area contributed by atoms with Gasteiger partial charge < -0.3 is 15.0 Å². The molecule has 3 aromatic rings. The van der Waals surface area contributed by atoms with Crippen molar-refractivity contribution in [1.82, 2.24) is 4.98 Å². The minimum atomic E-state index is -3.97. The highest BCUT2D eigenvalue weighted by atomic mass is 79.9. The molecule has 1 aliphatic heterocycles. The molecule has 0 aliphatic carbocycles. The number of nitrogens with zero attached hydrogens (tertiary/aromatic N) is 3. The van der Waals surface area contributed by atoms with Crippen LogP contribution in [0.2, 0.25) is 0 Å². The van der Waals surface area contributed by atoms with Crippen molar-refractivity contribution in [2.24, 2.45) is 0 Å². The first kappa shape index (κ1) is 22.0. The molecule has 11 heteroatoms. The SMILES string of the molecule is O=C1C(Cl)=C(Nc2ccc(S(=O)(=O)[N-]c3ccccn3)cc2)C(=O)N1c1ccc(Br)cc1. The van der Waals surface area contributed by atoms with Crippen LogP contribution in [0.5, 0.6) is 0 Å². The van der Waals surface area contributed by atoms with E-state index in [-0.39, 0.29) is 21.4 Å². The predicted molar refractivity (Wildman–Crippen MR) is 124 cm³/mol. The highest BCUT2D eigenvalue weighted by Gasteiger charge is 2.38. The lowest BCUT2D eigenvalue weighted by molar-refractivity contribution is -0.120. The van der Waals surface area contributed by atoms with Crippen LogP contribution in [0.3, 0.4) is 0 Å². The molecule has 0 spiro atoms. The summed E-state index contributed by atoms with van der Waals surface area (Å²) in [5.41, 5.74) is 0.637. The number of benzene rings is 2. The fourth-order valence-corrected chi connectivity index (χ4v) is 4.29. The van der Waals surface area contributed by atoms with Crippen molar-refractivity contribution in [2.45, 2.75) is 4.90 Å². The number of imide groups is 1. The van der Waals surface area contributed by atoms with Crippen LogP contribution in [0.4, 0.5) is 17.2 Å². The maximum absolute atomic E-state index is 12.8. The van der Waals surface area contributed by atoms with Gasteiger partial charge in [-0.15, -0.1) is 0 Å². The maximum Gasteiger partial charge on any atom is 0.283 e. The van der Waals surface area contributed by atoms with Crippen molar-refractivity contribution in [3.05, 3.63) is 92.9 Å². The van der Waals surface area contributed by atoms with Crippen LogP contribution >= 0.6 is 27.5 Å². The zero-order chi connectivity index (χ0) is 22.9. The number of nitrogens with one attached hydrogen (secondary N) is 1. The summed E-state index contributed by atoms with van der Waals surface area (Å²) < 4.78 is 29.4. The Bertz CT molecular complexity index is 1330. The summed E-state index contributed by atoms with van der Waals surface area (Å²) in [7, 11) is -3.97. The molecular weight excluding hydrogens is 520 g/mol. The molecule has 2 heterocycles. The summed E-state index contributed by atoms with van der Waals surface area (Å²) in [5.74, 6) is -1.21. The molecule has 0 fully saturated rings. The average molecular weight is 533 g/mol. The number of carbonyl (C=O) groups is 2. The summed E-state index contributed by atoms with van der Waals surface area (Å²) in [6.45, 7) is 0. The van der Waals surface area contributed by atoms with Crippen molar-refractivity contribution in [3.8, 4) is 0 Å². The van der Waals surface area contributed by atoms with Crippen molar-refractivity contribution in [1.29, 1.82) is 0 Å². The molecule has 32 heavy (non-hydrogen) atoms. The third-order valence-electron chi connectivity index (χ3n) is 4.40. The second kappa shape index (κ2) is 8.73. The first-order valence-electron chi connectivity index (χ1n) is 9.06. The lowest BCUT2D eigenvalue weighted by atomic mass is 10.3. The van der Waals surface area contributed by atoms with Gasteiger partial charge in [0.25, 0.3) is 11.8 Å². The van der Waals surface area contributed by atoms with Gasteiger partial charge in [0.15, 0.2) is 0 Å². The summed E-state index contributed by atoms with van der Waals surface area (Å²) in [4.78, 5) is 30.1. The van der Waals surface area contributed by atoms with Crippen LogP contribution in [0.25, 0.3) is 4.72 Å². The fourth-order valence-electron chi connectivity index (χ4n) is 2.87. The largest absolute Gasteiger partial charge is 0.442 e. The molecule has 4 rings (SSSR count). The Morgan fingerprint density at radius 2 is 1.62 bits per heavy atom. The van der Waals surface area contributed by atoms with Gasteiger partial charge >= 0.3 is 0 Å². The van der Waals surface area contributed by atoms with E-state index in [4.69, 9.17) is 11.6 Å². The molecule has 1 aromatic heterocycles. The Morgan fingerprint density at radius 3 is 2.25 bits per heavy atom. The molecule has 0 radical (unpaired) electrons. The third-order valence-corrected chi connectivity index (χ3v) is 6.57. The third kappa shape index (κ3) is 4.38. The lowest BCUT2D eigenvalue weighted by Crippen LogP contribution is -2.32. The van der Waals surface area contributed by atoms with E-state index in [1.54, 1.807) is 36.4 Å². The number of rotatable bonds is 6. The number of anilines is 2. The van der Waals surface area contributed by atoms with E-state index < -0.39 is 21.8 Å². The van der Waals surface area contributed by atoms with Crippen molar-refractivity contribution < 1.29 is 18.0 Å². The minimum absolute atomic E-state index is 0.0564. The molecular formula is C21H13BrClN4O4S-. The predicted octanol–water partition coefficient (Wildman–Crippen LogP) is 4.67. The first-order valence-corrected chi connectivity index (χ1v) is 11.7. The highest BCUT2D eigenvalue weighted by Crippen LogP contribution is 2.31. The van der Waals surface area contributed by atoms with E-state index in [9.17, 15) is 18.0 Å². The topological polar surface area (TPSA) is 111 Å². The normalized spacial score (nSPS) is 14.1. The van der Waals surface area contributed by atoms with Gasteiger partial charge in [-0.05, 0) is 54.3 Å². The number of hydrogen-bond donors (Lipinski definition) is 1. The molecule has 0 saturated carbocycles. The van der Waals surface area contributed by atoms with Crippen molar-refractivity contribution in [3.63, 3.8) is 0 Å². The molecule has 0 saturated heterocycles. The second-order valence-electron chi connectivity index (χ2n) is 6.51. The van der Waals surface area contributed by atoms with Crippen LogP contribution in [0.1, 0.15) is 0 Å². The minimum Gasteiger partial charge on any atom is -0.442 e. The van der Waals surface area contributed by atoms with Crippen LogP contribution in [-0.2, 0) is 19.6 Å². The van der Waals surface area contributed by atoms with E-state index in [1.165, 1.54) is 36.5 Å². The first-order chi connectivity index (χ1) is 15.3. The van der Waals surface area contributed by atoms with Crippen molar-refractivity contribution >= 4 is 66.6 Å². The van der Waals surface area contributed by atoms with Gasteiger partial charge in [0.1, 0.15) is 10.7 Å². The number of carbonyl (C=O) groups excluding carboxylic acids is 2. The van der Waals surface area contributed by atoms with Gasteiger partial charge in [-0.3, -0.25) is 9.59 Å². The van der Waals surface area contributed by atoms with Gasteiger partial charge in [-0.2, -0.15) is 0 Å². The van der Waals surface area contributed by atoms with Gasteiger partial charge in [0.05, 0.1) is 10.6 Å². The second-order valence-corrected chi connectivity index (χ2v) is 9.41. The molecule has 2 amide bonds. The Balaban J connectivity index is 1.52. The Labute approximate surface area is 197 Å². The number of sulfonamides is 1. The molecule has 1 aliphatic rings. The van der Waals surface area contributed by atoms with Crippen LogP contribution in [0.15, 0.2) is 93.0 Å². The Kier molecular flexibility index (Phi) is 6.00. The summed E-state index contributed by atoms with van der Waals surface area (Å²) in [6.07, 6.45) is 1.44.